The number of imidazole rings is 1. The third-order valence-electron chi connectivity index (χ3n) is 5.08. The lowest BCUT2D eigenvalue weighted by molar-refractivity contribution is -0.142. The summed E-state index contributed by atoms with van der Waals surface area (Å²) < 4.78 is 24.8. The Hall–Kier alpha value is -2.75. The molecule has 8 nitrogen and oxygen atoms in total. The maximum Gasteiger partial charge on any atom is 0.328 e. The first-order valence-electron chi connectivity index (χ1n) is 9.49. The van der Waals surface area contributed by atoms with Crippen LogP contribution in [-0.2, 0) is 16.0 Å². The molecule has 1 aliphatic rings. The highest BCUT2D eigenvalue weighted by Gasteiger charge is 2.37. The molecular weight excluding hydrogens is 411 g/mol. The second-order valence-corrected chi connectivity index (χ2v) is 7.79. The second kappa shape index (κ2) is 9.84. The van der Waals surface area contributed by atoms with Gasteiger partial charge in [-0.05, 0) is 30.6 Å². The van der Waals surface area contributed by atoms with Gasteiger partial charge in [0.2, 0.25) is 0 Å². The van der Waals surface area contributed by atoms with Gasteiger partial charge in [0.15, 0.2) is 0 Å². The Bertz CT molecular complexity index is 907. The highest BCUT2D eigenvalue weighted by molar-refractivity contribution is 7.98. The van der Waals surface area contributed by atoms with Gasteiger partial charge in [-0.3, -0.25) is 0 Å². The molecule has 0 saturated heterocycles. The van der Waals surface area contributed by atoms with Gasteiger partial charge < -0.3 is 24.7 Å². The van der Waals surface area contributed by atoms with Crippen molar-refractivity contribution in [2.75, 3.05) is 32.8 Å². The Kier molecular flexibility index (Phi) is 7.20. The fourth-order valence-electron chi connectivity index (χ4n) is 3.53. The van der Waals surface area contributed by atoms with E-state index in [1.807, 2.05) is 6.26 Å². The number of hydrogen-bond donors (Lipinski definition) is 2. The Morgan fingerprint density at radius 2 is 2.23 bits per heavy atom. The number of nitrogens with zero attached hydrogens (tertiary/aromatic N) is 2. The van der Waals surface area contributed by atoms with Crippen LogP contribution in [0.3, 0.4) is 0 Å². The Balaban J connectivity index is 1.92. The third kappa shape index (κ3) is 4.53. The summed E-state index contributed by atoms with van der Waals surface area (Å²) in [5.41, 5.74) is 1.74. The second-order valence-electron chi connectivity index (χ2n) is 6.81. The van der Waals surface area contributed by atoms with E-state index in [2.05, 4.69) is 15.3 Å². The van der Waals surface area contributed by atoms with Gasteiger partial charge in [-0.15, -0.1) is 0 Å². The number of benzene rings is 1. The van der Waals surface area contributed by atoms with Crippen LogP contribution in [0.5, 0.6) is 5.75 Å². The molecule has 2 N–H and O–H groups in total. The molecule has 0 spiro atoms. The molecule has 0 aliphatic carbocycles. The fourth-order valence-corrected chi connectivity index (χ4v) is 4.00. The van der Waals surface area contributed by atoms with Crippen molar-refractivity contribution in [1.82, 2.24) is 20.2 Å². The zero-order chi connectivity index (χ0) is 21.7. The van der Waals surface area contributed by atoms with Crippen LogP contribution in [0.4, 0.5) is 9.18 Å². The first kappa shape index (κ1) is 21.9. The van der Waals surface area contributed by atoms with Crippen molar-refractivity contribution in [2.45, 2.75) is 24.9 Å². The molecule has 30 heavy (non-hydrogen) atoms. The number of fused-ring (bicyclic) bond motifs is 1. The highest BCUT2D eigenvalue weighted by Crippen LogP contribution is 2.35. The molecular formula is C20H25FN4O4S. The lowest BCUT2D eigenvalue weighted by Crippen LogP contribution is -2.51. The molecule has 0 saturated carbocycles. The van der Waals surface area contributed by atoms with E-state index in [4.69, 9.17) is 9.47 Å². The first-order chi connectivity index (χ1) is 14.5. The van der Waals surface area contributed by atoms with Gasteiger partial charge in [-0.25, -0.2) is 19.0 Å². The van der Waals surface area contributed by atoms with Crippen LogP contribution in [0, 0.1) is 5.82 Å². The lowest BCUT2D eigenvalue weighted by Gasteiger charge is -2.36. The number of aromatic nitrogens is 2. The fraction of sp³-hybridized carbons (Fsp3) is 0.450. The zero-order valence-electron chi connectivity index (χ0n) is 17.1. The summed E-state index contributed by atoms with van der Waals surface area (Å²) in [4.78, 5) is 34.2. The van der Waals surface area contributed by atoms with Crippen LogP contribution < -0.4 is 10.1 Å². The van der Waals surface area contributed by atoms with E-state index >= 15 is 0 Å². The molecule has 1 aromatic carbocycles. The van der Waals surface area contributed by atoms with E-state index in [-0.39, 0.29) is 0 Å². The standard InChI is InChI=1S/C20H25FN4O4S/c1-28-12-4-5-13(14(21)10-12)18-17-15(22-11-23-17)6-8-25(18)20(27)24-16(7-9-30-3)19(26)29-2/h4-5,10-11,16,18H,6-9H2,1-3H3,(H,22,23)(H,24,27). The van der Waals surface area contributed by atoms with Crippen LogP contribution in [0.1, 0.15) is 29.4 Å². The van der Waals surface area contributed by atoms with E-state index in [9.17, 15) is 14.0 Å². The van der Waals surface area contributed by atoms with Gasteiger partial charge in [0.05, 0.1) is 26.2 Å². The van der Waals surface area contributed by atoms with Crippen LogP contribution >= 0.6 is 11.8 Å². The lowest BCUT2D eigenvalue weighted by atomic mass is 9.95. The summed E-state index contributed by atoms with van der Waals surface area (Å²) in [6, 6.07) is 2.53. The molecule has 1 aliphatic heterocycles. The van der Waals surface area contributed by atoms with Gasteiger partial charge in [0.1, 0.15) is 23.7 Å². The van der Waals surface area contributed by atoms with Crippen LogP contribution in [0.2, 0.25) is 0 Å². The molecule has 0 radical (unpaired) electrons. The van der Waals surface area contributed by atoms with Gasteiger partial charge in [0, 0.05) is 30.3 Å². The van der Waals surface area contributed by atoms with E-state index < -0.39 is 29.9 Å². The molecule has 2 heterocycles. The average molecular weight is 437 g/mol. The maximum atomic E-state index is 14.9. The number of ether oxygens (including phenoxy) is 2. The number of rotatable bonds is 7. The van der Waals surface area contributed by atoms with E-state index in [1.54, 1.807) is 23.9 Å². The average Bonchev–Trinajstić information content (AvgIpc) is 3.24. The minimum atomic E-state index is -0.781. The number of esters is 1. The van der Waals surface area contributed by atoms with Crippen LogP contribution in [0.15, 0.2) is 24.5 Å². The van der Waals surface area contributed by atoms with Crippen molar-refractivity contribution in [3.63, 3.8) is 0 Å². The van der Waals surface area contributed by atoms with Crippen molar-refractivity contribution in [1.29, 1.82) is 0 Å². The van der Waals surface area contributed by atoms with Crippen molar-refractivity contribution in [2.24, 2.45) is 0 Å². The monoisotopic (exact) mass is 436 g/mol. The summed E-state index contributed by atoms with van der Waals surface area (Å²) in [5, 5.41) is 2.75. The number of nitrogens with one attached hydrogen (secondary N) is 2. The quantitative estimate of drug-likeness (QED) is 0.648. The summed E-state index contributed by atoms with van der Waals surface area (Å²) >= 11 is 1.57. The largest absolute Gasteiger partial charge is 0.497 e. The molecule has 162 valence electrons. The minimum Gasteiger partial charge on any atom is -0.497 e. The normalized spacial score (nSPS) is 16.5. The van der Waals surface area contributed by atoms with Gasteiger partial charge in [0.25, 0.3) is 0 Å². The number of urea groups is 1. The number of thioether (sulfide) groups is 1. The van der Waals surface area contributed by atoms with Gasteiger partial charge in [-0.1, -0.05) is 0 Å². The number of hydrogen-bond acceptors (Lipinski definition) is 6. The van der Waals surface area contributed by atoms with Gasteiger partial charge >= 0.3 is 12.0 Å². The van der Waals surface area contributed by atoms with Crippen molar-refractivity contribution >= 4 is 23.8 Å². The zero-order valence-corrected chi connectivity index (χ0v) is 17.9. The number of halogens is 1. The van der Waals surface area contributed by atoms with E-state index in [0.29, 0.717) is 42.1 Å². The van der Waals surface area contributed by atoms with Crippen molar-refractivity contribution in [3.8, 4) is 5.75 Å². The number of aromatic amines is 1. The molecule has 2 amide bonds. The predicted octanol–water partition coefficient (Wildman–Crippen LogP) is 2.51. The van der Waals surface area contributed by atoms with Crippen LogP contribution in [-0.4, -0.2) is 65.7 Å². The van der Waals surface area contributed by atoms with E-state index in [0.717, 1.165) is 5.69 Å². The number of carbonyl (C=O) groups excluding carboxylic acids is 2. The van der Waals surface area contributed by atoms with Crippen molar-refractivity contribution < 1.29 is 23.5 Å². The molecule has 2 atom stereocenters. The Morgan fingerprint density at radius 1 is 1.43 bits per heavy atom. The van der Waals surface area contributed by atoms with Gasteiger partial charge in [-0.2, -0.15) is 11.8 Å². The number of H-pyrrole nitrogens is 1. The molecule has 0 bridgehead atoms. The Labute approximate surface area is 178 Å². The number of carbonyl (C=O) groups is 2. The SMILES string of the molecule is COC(=O)C(CCSC)NC(=O)N1CCc2[nH]cnc2C1c1ccc(OC)cc1F. The number of amides is 2. The molecule has 1 aromatic heterocycles. The topological polar surface area (TPSA) is 96.6 Å². The molecule has 0 fully saturated rings. The molecule has 2 aromatic rings. The summed E-state index contributed by atoms with van der Waals surface area (Å²) in [5.74, 6) is 0.0511. The smallest absolute Gasteiger partial charge is 0.328 e. The molecule has 10 heteroatoms. The first-order valence-corrected chi connectivity index (χ1v) is 10.9. The predicted molar refractivity (Wildman–Crippen MR) is 111 cm³/mol. The van der Waals surface area contributed by atoms with E-state index in [1.165, 1.54) is 31.5 Å². The van der Waals surface area contributed by atoms with Crippen molar-refractivity contribution in [3.05, 3.63) is 47.3 Å². The summed E-state index contributed by atoms with van der Waals surface area (Å²) in [7, 11) is 2.75. The summed E-state index contributed by atoms with van der Waals surface area (Å²) in [6.45, 7) is 0.341. The maximum absolute atomic E-state index is 14.9. The number of methoxy groups -OCH3 is 2. The third-order valence-corrected chi connectivity index (χ3v) is 5.73. The molecule has 2 unspecified atom stereocenters. The minimum absolute atomic E-state index is 0.303. The molecule has 3 rings (SSSR count). The highest BCUT2D eigenvalue weighted by atomic mass is 32.2. The summed E-state index contributed by atoms with van der Waals surface area (Å²) in [6.07, 6.45) is 4.44. The van der Waals surface area contributed by atoms with Crippen LogP contribution in [0.25, 0.3) is 0 Å². The Morgan fingerprint density at radius 3 is 2.90 bits per heavy atom.